The summed E-state index contributed by atoms with van der Waals surface area (Å²) in [5.41, 5.74) is 3.68. The van der Waals surface area contributed by atoms with E-state index in [0.29, 0.717) is 18.6 Å². The highest BCUT2D eigenvalue weighted by Crippen LogP contribution is 2.62. The van der Waals surface area contributed by atoms with Crippen molar-refractivity contribution in [1.29, 1.82) is 0 Å². The number of benzene rings is 2. The minimum absolute atomic E-state index is 0.125. The van der Waals surface area contributed by atoms with E-state index >= 15 is 0 Å². The Hall–Kier alpha value is -2.30. The topological polar surface area (TPSA) is 41.9 Å². The van der Waals surface area contributed by atoms with Crippen molar-refractivity contribution in [2.45, 2.75) is 43.1 Å². The van der Waals surface area contributed by atoms with Gasteiger partial charge in [-0.25, -0.2) is 0 Å². The summed E-state index contributed by atoms with van der Waals surface area (Å²) < 4.78 is 12.7. The second-order valence-electron chi connectivity index (χ2n) is 8.68. The van der Waals surface area contributed by atoms with Gasteiger partial charge in [-0.15, -0.1) is 0 Å². The summed E-state index contributed by atoms with van der Waals surface area (Å²) >= 11 is 0. The van der Waals surface area contributed by atoms with Crippen molar-refractivity contribution in [2.24, 2.45) is 5.92 Å². The van der Waals surface area contributed by atoms with Gasteiger partial charge in [0.25, 0.3) is 0 Å². The maximum absolute atomic E-state index is 10.8. The number of aliphatic hydroxyl groups is 1. The van der Waals surface area contributed by atoms with Crippen LogP contribution in [0.5, 0.6) is 11.5 Å². The van der Waals surface area contributed by atoms with E-state index in [-0.39, 0.29) is 11.5 Å². The van der Waals surface area contributed by atoms with Crippen molar-refractivity contribution in [1.82, 2.24) is 4.90 Å². The van der Waals surface area contributed by atoms with Crippen molar-refractivity contribution in [3.63, 3.8) is 0 Å². The van der Waals surface area contributed by atoms with Crippen LogP contribution in [0, 0.1) is 5.92 Å². The third-order valence-electron chi connectivity index (χ3n) is 7.37. The van der Waals surface area contributed by atoms with Crippen LogP contribution < -0.4 is 9.47 Å². The minimum atomic E-state index is -0.569. The summed E-state index contributed by atoms with van der Waals surface area (Å²) in [6, 6.07) is 15.0. The van der Waals surface area contributed by atoms with Gasteiger partial charge in [0.1, 0.15) is 18.8 Å². The SMILES string of the molecule is CN1CC[C@]23c4c5ccc(OCc6ccccc6)c4OC2[C@@H](O)C=CC3C1C5. The lowest BCUT2D eigenvalue weighted by atomic mass is 9.53. The standard InChI is InChI=1S/C24H25NO3/c1-25-12-11-24-17-8-9-19(26)23(24)28-22-20(27-14-15-5-3-2-4-6-15)10-7-16(21(22)24)13-18(17)25/h2-10,17-19,23,26H,11-14H2,1H3/t17?,18?,19-,23?,24-/m0/s1. The van der Waals surface area contributed by atoms with Gasteiger partial charge in [-0.2, -0.15) is 0 Å². The van der Waals surface area contributed by atoms with E-state index in [1.54, 1.807) is 0 Å². The van der Waals surface area contributed by atoms with E-state index in [9.17, 15) is 5.11 Å². The summed E-state index contributed by atoms with van der Waals surface area (Å²) in [5.74, 6) is 2.06. The average molecular weight is 375 g/mol. The quantitative estimate of drug-likeness (QED) is 0.838. The van der Waals surface area contributed by atoms with Crippen LogP contribution in [0.2, 0.25) is 0 Å². The molecule has 4 nitrogen and oxygen atoms in total. The molecule has 4 heteroatoms. The van der Waals surface area contributed by atoms with Crippen LogP contribution >= 0.6 is 0 Å². The van der Waals surface area contributed by atoms with Gasteiger partial charge in [-0.05, 0) is 43.6 Å². The first kappa shape index (κ1) is 16.6. The van der Waals surface area contributed by atoms with Crippen LogP contribution in [-0.2, 0) is 18.4 Å². The zero-order valence-electron chi connectivity index (χ0n) is 16.0. The molecule has 0 radical (unpaired) electrons. The molecular weight excluding hydrogens is 350 g/mol. The Morgan fingerprint density at radius 1 is 1.18 bits per heavy atom. The number of piperidine rings is 1. The number of hydrogen-bond donors (Lipinski definition) is 1. The van der Waals surface area contributed by atoms with Crippen LogP contribution in [0.4, 0.5) is 0 Å². The van der Waals surface area contributed by atoms with Crippen LogP contribution in [0.3, 0.4) is 0 Å². The molecule has 2 aliphatic heterocycles. The highest BCUT2D eigenvalue weighted by Gasteiger charge is 2.64. The van der Waals surface area contributed by atoms with Gasteiger partial charge in [0.05, 0.1) is 0 Å². The molecule has 5 atom stereocenters. The first-order valence-electron chi connectivity index (χ1n) is 10.2. The molecular formula is C24H25NO3. The molecule has 0 saturated carbocycles. The van der Waals surface area contributed by atoms with E-state index in [0.717, 1.165) is 36.4 Å². The summed E-state index contributed by atoms with van der Waals surface area (Å²) in [4.78, 5) is 2.48. The van der Waals surface area contributed by atoms with Crippen LogP contribution in [0.1, 0.15) is 23.1 Å². The summed E-state index contributed by atoms with van der Waals surface area (Å²) in [5, 5.41) is 10.8. The van der Waals surface area contributed by atoms with Crippen molar-refractivity contribution < 1.29 is 14.6 Å². The largest absolute Gasteiger partial charge is 0.485 e. The second-order valence-corrected chi connectivity index (χ2v) is 8.68. The van der Waals surface area contributed by atoms with E-state index in [1.807, 2.05) is 24.3 Å². The molecule has 0 aromatic heterocycles. The predicted octanol–water partition coefficient (Wildman–Crippen LogP) is 3.07. The number of rotatable bonds is 3. The maximum atomic E-state index is 10.8. The highest BCUT2D eigenvalue weighted by atomic mass is 16.5. The lowest BCUT2D eigenvalue weighted by Gasteiger charge is -2.56. The summed E-state index contributed by atoms with van der Waals surface area (Å²) in [6.07, 6.45) is 5.45. The van der Waals surface area contributed by atoms with Gasteiger partial charge >= 0.3 is 0 Å². The lowest BCUT2D eigenvalue weighted by Crippen LogP contribution is -2.64. The van der Waals surface area contributed by atoms with Gasteiger partial charge in [0, 0.05) is 22.9 Å². The molecule has 1 N–H and O–H groups in total. The lowest BCUT2D eigenvalue weighted by molar-refractivity contribution is -0.0454. The zero-order chi connectivity index (χ0) is 18.9. The molecule has 144 valence electrons. The smallest absolute Gasteiger partial charge is 0.166 e. The Labute approximate surface area is 165 Å². The predicted molar refractivity (Wildman–Crippen MR) is 107 cm³/mol. The number of ether oxygens (including phenoxy) is 2. The van der Waals surface area contributed by atoms with E-state index in [2.05, 4.69) is 42.3 Å². The third-order valence-corrected chi connectivity index (χ3v) is 7.37. The highest BCUT2D eigenvalue weighted by molar-refractivity contribution is 5.62. The van der Waals surface area contributed by atoms with Gasteiger partial charge in [-0.1, -0.05) is 48.6 Å². The van der Waals surface area contributed by atoms with Gasteiger partial charge < -0.3 is 19.5 Å². The van der Waals surface area contributed by atoms with Crippen LogP contribution in [0.15, 0.2) is 54.6 Å². The van der Waals surface area contributed by atoms with Crippen molar-refractivity contribution in [2.75, 3.05) is 13.6 Å². The Morgan fingerprint density at radius 2 is 2.04 bits per heavy atom. The number of likely N-dealkylation sites (tertiary alicyclic amines) is 1. The Kier molecular flexibility index (Phi) is 3.48. The number of aliphatic hydroxyl groups excluding tert-OH is 1. The van der Waals surface area contributed by atoms with Gasteiger partial charge in [0.2, 0.25) is 0 Å². The molecule has 2 aromatic rings. The molecule has 3 unspecified atom stereocenters. The fourth-order valence-electron chi connectivity index (χ4n) is 6.08. The van der Waals surface area contributed by atoms with Crippen LogP contribution in [0.25, 0.3) is 0 Å². The molecule has 28 heavy (non-hydrogen) atoms. The Bertz CT molecular complexity index is 956. The minimum Gasteiger partial charge on any atom is -0.485 e. The number of hydrogen-bond acceptors (Lipinski definition) is 4. The monoisotopic (exact) mass is 375 g/mol. The first-order chi connectivity index (χ1) is 13.7. The fraction of sp³-hybridized carbons (Fsp3) is 0.417. The van der Waals surface area contributed by atoms with E-state index < -0.39 is 6.10 Å². The fourth-order valence-corrected chi connectivity index (χ4v) is 6.08. The Morgan fingerprint density at radius 3 is 2.89 bits per heavy atom. The maximum Gasteiger partial charge on any atom is 0.166 e. The average Bonchev–Trinajstić information content (AvgIpc) is 3.07. The molecule has 2 heterocycles. The summed E-state index contributed by atoms with van der Waals surface area (Å²) in [7, 11) is 2.23. The zero-order valence-corrected chi connectivity index (χ0v) is 16.0. The van der Waals surface area contributed by atoms with Gasteiger partial charge in [0.15, 0.2) is 11.5 Å². The second kappa shape index (κ2) is 5.85. The van der Waals surface area contributed by atoms with Gasteiger partial charge in [-0.3, -0.25) is 0 Å². The van der Waals surface area contributed by atoms with Crippen molar-refractivity contribution in [3.8, 4) is 11.5 Å². The molecule has 1 saturated heterocycles. The molecule has 4 aliphatic rings. The first-order valence-corrected chi connectivity index (χ1v) is 10.2. The molecule has 1 spiro atoms. The number of likely N-dealkylation sites (N-methyl/N-ethyl adjacent to an activating group) is 1. The molecule has 0 amide bonds. The molecule has 1 fully saturated rings. The molecule has 2 aliphatic carbocycles. The van der Waals surface area contributed by atoms with E-state index in [1.165, 1.54) is 11.1 Å². The normalized spacial score (nSPS) is 34.6. The van der Waals surface area contributed by atoms with Crippen molar-refractivity contribution in [3.05, 3.63) is 71.3 Å². The van der Waals surface area contributed by atoms with Crippen molar-refractivity contribution >= 4 is 0 Å². The summed E-state index contributed by atoms with van der Waals surface area (Å²) in [6.45, 7) is 1.55. The van der Waals surface area contributed by atoms with Crippen LogP contribution in [-0.4, -0.2) is 41.8 Å². The molecule has 6 rings (SSSR count). The third kappa shape index (κ3) is 2.08. The Balaban J connectivity index is 1.45. The number of nitrogens with zero attached hydrogens (tertiary/aromatic N) is 1. The molecule has 2 aromatic carbocycles. The van der Waals surface area contributed by atoms with E-state index in [4.69, 9.17) is 9.47 Å². The molecule has 2 bridgehead atoms.